The molecule has 1 heterocycles. The molecule has 1 amide bonds. The highest BCUT2D eigenvalue weighted by Crippen LogP contribution is 2.34. The van der Waals surface area contributed by atoms with Crippen molar-refractivity contribution < 1.29 is 28.6 Å². The number of nitrogens with zero attached hydrogens (tertiary/aromatic N) is 1. The van der Waals surface area contributed by atoms with E-state index in [-0.39, 0.29) is 23.7 Å². The van der Waals surface area contributed by atoms with Crippen molar-refractivity contribution in [3.8, 4) is 0 Å². The summed E-state index contributed by atoms with van der Waals surface area (Å²) >= 11 is 0. The highest BCUT2D eigenvalue weighted by molar-refractivity contribution is 6.04. The van der Waals surface area contributed by atoms with E-state index in [0.29, 0.717) is 43.5 Å². The molecule has 3 rings (SSSR count). The summed E-state index contributed by atoms with van der Waals surface area (Å²) in [5.74, 6) is -1.31. The Bertz CT molecular complexity index is 1090. The van der Waals surface area contributed by atoms with Crippen LogP contribution in [0, 0.1) is 0 Å². The van der Waals surface area contributed by atoms with E-state index in [1.54, 1.807) is 39.4 Å². The number of carbonyl (C=O) groups is 3. The maximum Gasteiger partial charge on any atom is 0.305 e. The summed E-state index contributed by atoms with van der Waals surface area (Å²) in [7, 11) is 3.16. The van der Waals surface area contributed by atoms with Crippen LogP contribution in [0.4, 0.5) is 0 Å². The lowest BCUT2D eigenvalue weighted by molar-refractivity contribution is -0.183. The molecule has 7 nitrogen and oxygen atoms in total. The lowest BCUT2D eigenvalue weighted by Crippen LogP contribution is -2.33. The van der Waals surface area contributed by atoms with E-state index in [0.717, 1.165) is 31.2 Å². The summed E-state index contributed by atoms with van der Waals surface area (Å²) in [5.41, 5.74) is 2.06. The number of ketones is 1. The van der Waals surface area contributed by atoms with Gasteiger partial charge in [-0.3, -0.25) is 14.4 Å². The Morgan fingerprint density at radius 3 is 2.39 bits per heavy atom. The number of unbranched alkanes of at least 4 members (excludes halogenated alkanes) is 3. The molecule has 0 aromatic heterocycles. The van der Waals surface area contributed by atoms with E-state index >= 15 is 0 Å². The minimum absolute atomic E-state index is 0.0875. The van der Waals surface area contributed by atoms with Gasteiger partial charge in [-0.1, -0.05) is 67.4 Å². The van der Waals surface area contributed by atoms with Gasteiger partial charge in [-0.15, -0.1) is 0 Å². The SMILES string of the molecule is CCOC(=O)CCCCCCN1C(=O)CC[C@@H]1/C=C/C(=O)c1cccc(C(OC)(OC)c2ccccc2)c1. The van der Waals surface area contributed by atoms with Crippen LogP contribution >= 0.6 is 0 Å². The van der Waals surface area contributed by atoms with E-state index in [4.69, 9.17) is 14.2 Å². The molecule has 0 radical (unpaired) electrons. The molecule has 1 aliphatic heterocycles. The van der Waals surface area contributed by atoms with Crippen molar-refractivity contribution >= 4 is 17.7 Å². The molecule has 0 N–H and O–H groups in total. The van der Waals surface area contributed by atoms with Gasteiger partial charge in [0.25, 0.3) is 0 Å². The minimum atomic E-state index is -1.13. The smallest absolute Gasteiger partial charge is 0.305 e. The lowest BCUT2D eigenvalue weighted by Gasteiger charge is -2.32. The van der Waals surface area contributed by atoms with Crippen LogP contribution in [0.2, 0.25) is 0 Å². The van der Waals surface area contributed by atoms with Crippen molar-refractivity contribution in [2.45, 2.75) is 63.7 Å². The van der Waals surface area contributed by atoms with Crippen molar-refractivity contribution in [1.29, 1.82) is 0 Å². The van der Waals surface area contributed by atoms with Crippen LogP contribution in [0.5, 0.6) is 0 Å². The number of benzene rings is 2. The van der Waals surface area contributed by atoms with Gasteiger partial charge in [0.1, 0.15) is 0 Å². The van der Waals surface area contributed by atoms with Gasteiger partial charge in [-0.05, 0) is 38.3 Å². The van der Waals surface area contributed by atoms with Crippen molar-refractivity contribution in [2.24, 2.45) is 0 Å². The number of hydrogen-bond acceptors (Lipinski definition) is 6. The van der Waals surface area contributed by atoms with Gasteiger partial charge in [0, 0.05) is 50.3 Å². The Morgan fingerprint density at radius 1 is 0.974 bits per heavy atom. The van der Waals surface area contributed by atoms with Crippen LogP contribution in [0.3, 0.4) is 0 Å². The number of carbonyl (C=O) groups excluding carboxylic acids is 3. The van der Waals surface area contributed by atoms with Crippen molar-refractivity contribution in [2.75, 3.05) is 27.4 Å². The van der Waals surface area contributed by atoms with Crippen LogP contribution in [-0.2, 0) is 29.6 Å². The normalized spacial score (nSPS) is 15.8. The fourth-order valence-corrected chi connectivity index (χ4v) is 4.94. The summed E-state index contributed by atoms with van der Waals surface area (Å²) in [6.45, 7) is 2.87. The second kappa shape index (κ2) is 14.6. The zero-order valence-electron chi connectivity index (χ0n) is 22.7. The zero-order valence-corrected chi connectivity index (χ0v) is 22.7. The molecular formula is C31H39NO6. The third-order valence-corrected chi connectivity index (χ3v) is 6.94. The summed E-state index contributed by atoms with van der Waals surface area (Å²) in [4.78, 5) is 38.9. The van der Waals surface area contributed by atoms with Gasteiger partial charge in [0.05, 0.1) is 12.6 Å². The topological polar surface area (TPSA) is 82.1 Å². The first-order valence-electron chi connectivity index (χ1n) is 13.4. The molecule has 38 heavy (non-hydrogen) atoms. The standard InChI is InChI=1S/C31H39NO6/c1-4-38-30(35)17-10-5-6-11-22-32-27(19-21-29(32)34)18-20-28(33)24-13-12-16-26(23-24)31(36-2,37-3)25-14-8-7-9-15-25/h7-9,12-16,18,20,23,27H,4-6,10-11,17,19,21-22H2,1-3H3/b20-18+/t27-/m0/s1. The maximum absolute atomic E-state index is 13.1. The highest BCUT2D eigenvalue weighted by atomic mass is 16.7. The monoisotopic (exact) mass is 521 g/mol. The van der Waals surface area contributed by atoms with Crippen LogP contribution < -0.4 is 0 Å². The Balaban J connectivity index is 1.61. The molecule has 204 valence electrons. The summed E-state index contributed by atoms with van der Waals surface area (Å²) in [6.07, 6.45) is 8.56. The largest absolute Gasteiger partial charge is 0.466 e. The quantitative estimate of drug-likeness (QED) is 0.102. The van der Waals surface area contributed by atoms with Gasteiger partial charge in [-0.2, -0.15) is 0 Å². The lowest BCUT2D eigenvalue weighted by atomic mass is 9.94. The van der Waals surface area contributed by atoms with E-state index in [1.807, 2.05) is 53.4 Å². The van der Waals surface area contributed by atoms with Crippen LogP contribution in [0.15, 0.2) is 66.7 Å². The second-order valence-electron chi connectivity index (χ2n) is 9.36. The third kappa shape index (κ3) is 7.39. The molecule has 0 unspecified atom stereocenters. The molecule has 0 saturated carbocycles. The van der Waals surface area contributed by atoms with Crippen LogP contribution in [0.25, 0.3) is 0 Å². The maximum atomic E-state index is 13.1. The van der Waals surface area contributed by atoms with E-state index in [9.17, 15) is 14.4 Å². The summed E-state index contributed by atoms with van der Waals surface area (Å²) in [6, 6.07) is 16.8. The number of allylic oxidation sites excluding steroid dienone is 1. The molecule has 0 spiro atoms. The molecule has 7 heteroatoms. The van der Waals surface area contributed by atoms with Crippen molar-refractivity contribution in [3.05, 3.63) is 83.4 Å². The van der Waals surface area contributed by atoms with Gasteiger partial charge < -0.3 is 19.1 Å². The average molecular weight is 522 g/mol. The fraction of sp³-hybridized carbons (Fsp3) is 0.452. The summed E-state index contributed by atoms with van der Waals surface area (Å²) in [5, 5.41) is 0. The number of methoxy groups -OCH3 is 2. The first kappa shape index (κ1) is 29.3. The number of ether oxygens (including phenoxy) is 3. The number of amides is 1. The molecule has 2 aromatic rings. The van der Waals surface area contributed by atoms with Gasteiger partial charge in [0.2, 0.25) is 11.7 Å². The Morgan fingerprint density at radius 2 is 1.68 bits per heavy atom. The van der Waals surface area contributed by atoms with Gasteiger partial charge in [-0.25, -0.2) is 0 Å². The van der Waals surface area contributed by atoms with Gasteiger partial charge >= 0.3 is 5.97 Å². The van der Waals surface area contributed by atoms with E-state index in [1.165, 1.54) is 0 Å². The fourth-order valence-electron chi connectivity index (χ4n) is 4.94. The molecular weight excluding hydrogens is 482 g/mol. The van der Waals surface area contributed by atoms with Crippen molar-refractivity contribution in [3.63, 3.8) is 0 Å². The first-order valence-corrected chi connectivity index (χ1v) is 13.4. The first-order chi connectivity index (χ1) is 18.4. The number of hydrogen-bond donors (Lipinski definition) is 0. The van der Waals surface area contributed by atoms with E-state index < -0.39 is 5.79 Å². The summed E-state index contributed by atoms with van der Waals surface area (Å²) < 4.78 is 16.6. The predicted octanol–water partition coefficient (Wildman–Crippen LogP) is 5.42. The Hall–Kier alpha value is -3.29. The molecule has 0 bridgehead atoms. The van der Waals surface area contributed by atoms with E-state index in [2.05, 4.69) is 0 Å². The Labute approximate surface area is 225 Å². The number of likely N-dealkylation sites (tertiary alicyclic amines) is 1. The van der Waals surface area contributed by atoms with Crippen LogP contribution in [0.1, 0.15) is 73.4 Å². The molecule has 0 aliphatic carbocycles. The highest BCUT2D eigenvalue weighted by Gasteiger charge is 2.35. The third-order valence-electron chi connectivity index (χ3n) is 6.94. The Kier molecular flexibility index (Phi) is 11.2. The molecule has 2 aromatic carbocycles. The van der Waals surface area contributed by atoms with Crippen LogP contribution in [-0.4, -0.2) is 56.0 Å². The number of esters is 1. The predicted molar refractivity (Wildman–Crippen MR) is 146 cm³/mol. The second-order valence-corrected chi connectivity index (χ2v) is 9.36. The van der Waals surface area contributed by atoms with Crippen molar-refractivity contribution in [1.82, 2.24) is 4.90 Å². The average Bonchev–Trinajstić information content (AvgIpc) is 3.30. The molecule has 1 atom stereocenters. The molecule has 1 fully saturated rings. The molecule has 1 saturated heterocycles. The zero-order chi connectivity index (χ0) is 27.4. The minimum Gasteiger partial charge on any atom is -0.466 e. The molecule has 1 aliphatic rings. The number of rotatable bonds is 15. The van der Waals surface area contributed by atoms with Gasteiger partial charge in [0.15, 0.2) is 5.78 Å².